The Labute approximate surface area is 133 Å². The molecule has 0 radical (unpaired) electrons. The molecule has 0 saturated carbocycles. The smallest absolute Gasteiger partial charge is 0.139 e. The van der Waals surface area contributed by atoms with E-state index in [4.69, 9.17) is 10.5 Å². The Hall–Kier alpha value is -1.39. The topological polar surface area (TPSA) is 35.2 Å². The molecular formula is C17H19BrFNO. The van der Waals surface area contributed by atoms with E-state index in [1.54, 1.807) is 6.07 Å². The molecule has 0 amide bonds. The highest BCUT2D eigenvalue weighted by molar-refractivity contribution is 9.10. The minimum Gasteiger partial charge on any atom is -0.484 e. The first-order chi connectivity index (χ1) is 10.0. The van der Waals surface area contributed by atoms with Crippen molar-refractivity contribution in [2.45, 2.75) is 32.4 Å². The van der Waals surface area contributed by atoms with E-state index >= 15 is 0 Å². The van der Waals surface area contributed by atoms with E-state index in [-0.39, 0.29) is 18.0 Å². The van der Waals surface area contributed by atoms with Crippen molar-refractivity contribution in [1.82, 2.24) is 0 Å². The molecule has 2 aromatic rings. The van der Waals surface area contributed by atoms with Crippen molar-refractivity contribution in [3.63, 3.8) is 0 Å². The monoisotopic (exact) mass is 351 g/mol. The van der Waals surface area contributed by atoms with Gasteiger partial charge in [-0.15, -0.1) is 0 Å². The van der Waals surface area contributed by atoms with Crippen molar-refractivity contribution in [3.05, 3.63) is 63.9 Å². The molecule has 2 aromatic carbocycles. The first kappa shape index (κ1) is 16.0. The number of nitrogens with two attached hydrogens (primary N) is 1. The van der Waals surface area contributed by atoms with E-state index in [9.17, 15) is 4.39 Å². The molecular weight excluding hydrogens is 333 g/mol. The van der Waals surface area contributed by atoms with Gasteiger partial charge in [-0.05, 0) is 42.7 Å². The number of halogens is 2. The third kappa shape index (κ3) is 4.05. The molecule has 112 valence electrons. The Morgan fingerprint density at radius 3 is 2.48 bits per heavy atom. The minimum absolute atomic E-state index is 0.158. The third-order valence-electron chi connectivity index (χ3n) is 3.46. The second-order valence-electron chi connectivity index (χ2n) is 5.07. The largest absolute Gasteiger partial charge is 0.484 e. The number of rotatable bonds is 5. The standard InChI is InChI=1S/C17H19BrFNO/c1-3-15(20)17(12-5-7-13(18)8-6-12)21-16-10-14(19)9-4-11(16)2/h4-10,15,17H,3,20H2,1-2H3. The Morgan fingerprint density at radius 1 is 1.19 bits per heavy atom. The molecule has 0 spiro atoms. The van der Waals surface area contributed by atoms with Crippen molar-refractivity contribution in [2.75, 3.05) is 0 Å². The predicted octanol–water partition coefficient (Wildman–Crippen LogP) is 4.75. The highest BCUT2D eigenvalue weighted by atomic mass is 79.9. The maximum Gasteiger partial charge on any atom is 0.139 e. The molecule has 0 bridgehead atoms. The molecule has 0 aliphatic heterocycles. The fraction of sp³-hybridized carbons (Fsp3) is 0.294. The summed E-state index contributed by atoms with van der Waals surface area (Å²) in [5, 5.41) is 0. The van der Waals surface area contributed by atoms with E-state index < -0.39 is 0 Å². The van der Waals surface area contributed by atoms with Gasteiger partial charge in [0.05, 0.1) is 0 Å². The molecule has 2 unspecified atom stereocenters. The van der Waals surface area contributed by atoms with Gasteiger partial charge in [0.15, 0.2) is 0 Å². The van der Waals surface area contributed by atoms with E-state index in [1.807, 2.05) is 38.1 Å². The summed E-state index contributed by atoms with van der Waals surface area (Å²) < 4.78 is 20.4. The molecule has 0 saturated heterocycles. The van der Waals surface area contributed by atoms with E-state index in [1.165, 1.54) is 12.1 Å². The van der Waals surface area contributed by atoms with Gasteiger partial charge in [0, 0.05) is 16.6 Å². The van der Waals surface area contributed by atoms with Gasteiger partial charge in [-0.3, -0.25) is 0 Å². The minimum atomic E-state index is -0.310. The molecule has 2 nitrogen and oxygen atoms in total. The normalized spacial score (nSPS) is 13.8. The summed E-state index contributed by atoms with van der Waals surface area (Å²) in [6, 6.07) is 12.2. The van der Waals surface area contributed by atoms with Crippen LogP contribution in [0.4, 0.5) is 4.39 Å². The van der Waals surface area contributed by atoms with Crippen LogP contribution in [0.1, 0.15) is 30.6 Å². The van der Waals surface area contributed by atoms with E-state index in [0.29, 0.717) is 5.75 Å². The lowest BCUT2D eigenvalue weighted by atomic mass is 10.0. The van der Waals surface area contributed by atoms with Crippen LogP contribution in [0, 0.1) is 12.7 Å². The summed E-state index contributed by atoms with van der Waals surface area (Å²) in [5.74, 6) is 0.224. The molecule has 2 atom stereocenters. The average Bonchev–Trinajstić information content (AvgIpc) is 2.48. The Balaban J connectivity index is 2.32. The highest BCUT2D eigenvalue weighted by Crippen LogP contribution is 2.29. The SMILES string of the molecule is CCC(N)C(Oc1cc(F)ccc1C)c1ccc(Br)cc1. The number of hydrogen-bond acceptors (Lipinski definition) is 2. The van der Waals surface area contributed by atoms with Gasteiger partial charge in [-0.25, -0.2) is 4.39 Å². The van der Waals surface area contributed by atoms with Crippen molar-refractivity contribution in [3.8, 4) is 5.75 Å². The summed E-state index contributed by atoms with van der Waals surface area (Å²) in [5.41, 5.74) is 8.07. The molecule has 0 heterocycles. The summed E-state index contributed by atoms with van der Waals surface area (Å²) in [6.45, 7) is 3.91. The Kier molecular flexibility index (Phi) is 5.37. The fourth-order valence-electron chi connectivity index (χ4n) is 2.11. The average molecular weight is 352 g/mol. The molecule has 2 N–H and O–H groups in total. The first-order valence-corrected chi connectivity index (χ1v) is 7.74. The van der Waals surface area contributed by atoms with Crippen molar-refractivity contribution < 1.29 is 9.13 Å². The van der Waals surface area contributed by atoms with Crippen molar-refractivity contribution in [1.29, 1.82) is 0 Å². The lowest BCUT2D eigenvalue weighted by Gasteiger charge is -2.25. The van der Waals surface area contributed by atoms with Crippen molar-refractivity contribution in [2.24, 2.45) is 5.73 Å². The maximum atomic E-state index is 13.4. The predicted molar refractivity (Wildman–Crippen MR) is 86.9 cm³/mol. The van der Waals surface area contributed by atoms with Crippen LogP contribution in [0.2, 0.25) is 0 Å². The maximum absolute atomic E-state index is 13.4. The number of aryl methyl sites for hydroxylation is 1. The van der Waals surface area contributed by atoms with Crippen LogP contribution in [0.3, 0.4) is 0 Å². The van der Waals surface area contributed by atoms with Gasteiger partial charge in [-0.2, -0.15) is 0 Å². The zero-order valence-corrected chi connectivity index (χ0v) is 13.7. The molecule has 0 aliphatic carbocycles. The number of benzene rings is 2. The third-order valence-corrected chi connectivity index (χ3v) is 3.99. The van der Waals surface area contributed by atoms with Crippen molar-refractivity contribution >= 4 is 15.9 Å². The van der Waals surface area contributed by atoms with Crippen LogP contribution >= 0.6 is 15.9 Å². The zero-order chi connectivity index (χ0) is 15.4. The molecule has 0 fully saturated rings. The lowest BCUT2D eigenvalue weighted by Crippen LogP contribution is -2.31. The second-order valence-corrected chi connectivity index (χ2v) is 5.99. The molecule has 0 aliphatic rings. The van der Waals surface area contributed by atoms with Crippen LogP contribution in [0.15, 0.2) is 46.9 Å². The zero-order valence-electron chi connectivity index (χ0n) is 12.1. The number of hydrogen-bond donors (Lipinski definition) is 1. The van der Waals surface area contributed by atoms with Crippen LogP contribution in [0.25, 0.3) is 0 Å². The number of ether oxygens (including phenoxy) is 1. The van der Waals surface area contributed by atoms with Gasteiger partial charge in [-0.1, -0.05) is 41.1 Å². The van der Waals surface area contributed by atoms with Gasteiger partial charge in [0.1, 0.15) is 17.7 Å². The second kappa shape index (κ2) is 7.05. The molecule has 2 rings (SSSR count). The van der Waals surface area contributed by atoms with Crippen LogP contribution in [0.5, 0.6) is 5.75 Å². The summed E-state index contributed by atoms with van der Waals surface area (Å²) in [7, 11) is 0. The Morgan fingerprint density at radius 2 is 1.86 bits per heavy atom. The summed E-state index contributed by atoms with van der Waals surface area (Å²) in [4.78, 5) is 0. The van der Waals surface area contributed by atoms with E-state index in [2.05, 4.69) is 15.9 Å². The molecule has 4 heteroatoms. The summed E-state index contributed by atoms with van der Waals surface area (Å²) in [6.07, 6.45) is 0.471. The van der Waals surface area contributed by atoms with Crippen LogP contribution < -0.4 is 10.5 Å². The van der Waals surface area contributed by atoms with Crippen LogP contribution in [-0.4, -0.2) is 6.04 Å². The van der Waals surface area contributed by atoms with Gasteiger partial charge < -0.3 is 10.5 Å². The van der Waals surface area contributed by atoms with Crippen LogP contribution in [-0.2, 0) is 0 Å². The quantitative estimate of drug-likeness (QED) is 0.843. The Bertz CT molecular complexity index is 600. The fourth-order valence-corrected chi connectivity index (χ4v) is 2.37. The molecule has 0 aromatic heterocycles. The van der Waals surface area contributed by atoms with Gasteiger partial charge in [0.25, 0.3) is 0 Å². The first-order valence-electron chi connectivity index (χ1n) is 6.95. The van der Waals surface area contributed by atoms with E-state index in [0.717, 1.165) is 22.0 Å². The molecule has 21 heavy (non-hydrogen) atoms. The van der Waals surface area contributed by atoms with Gasteiger partial charge >= 0.3 is 0 Å². The highest BCUT2D eigenvalue weighted by Gasteiger charge is 2.21. The summed E-state index contributed by atoms with van der Waals surface area (Å²) >= 11 is 3.42. The van der Waals surface area contributed by atoms with Gasteiger partial charge in [0.2, 0.25) is 0 Å². The lowest BCUT2D eigenvalue weighted by molar-refractivity contribution is 0.169.